The summed E-state index contributed by atoms with van der Waals surface area (Å²) in [4.78, 5) is 15.9. The molecule has 6 heteroatoms. The van der Waals surface area contributed by atoms with E-state index in [9.17, 15) is 4.39 Å². The number of nitrogens with zero attached hydrogens (tertiary/aromatic N) is 4. The van der Waals surface area contributed by atoms with Crippen molar-refractivity contribution in [1.82, 2.24) is 24.5 Å². The minimum Gasteiger partial charge on any atom is -0.345 e. The van der Waals surface area contributed by atoms with Gasteiger partial charge < -0.3 is 9.55 Å². The summed E-state index contributed by atoms with van der Waals surface area (Å²) < 4.78 is 15.3. The normalized spacial score (nSPS) is 11.5. The van der Waals surface area contributed by atoms with E-state index in [4.69, 9.17) is 0 Å². The van der Waals surface area contributed by atoms with Crippen LogP contribution < -0.4 is 0 Å². The van der Waals surface area contributed by atoms with Crippen molar-refractivity contribution in [3.63, 3.8) is 0 Å². The molecule has 4 heterocycles. The molecule has 0 atom stereocenters. The van der Waals surface area contributed by atoms with Gasteiger partial charge in [0.05, 0.1) is 6.20 Å². The number of aromatic nitrogens is 5. The van der Waals surface area contributed by atoms with Gasteiger partial charge in [-0.15, -0.1) is 0 Å². The average Bonchev–Trinajstić information content (AvgIpc) is 3.02. The number of hydrogen-bond acceptors (Lipinski definition) is 3. The van der Waals surface area contributed by atoms with E-state index in [0.717, 1.165) is 16.6 Å². The van der Waals surface area contributed by atoms with Gasteiger partial charge in [0.1, 0.15) is 17.1 Å². The fraction of sp³-hybridized carbons (Fsp3) is 0.0714. The highest BCUT2D eigenvalue weighted by Crippen LogP contribution is 2.26. The minimum absolute atomic E-state index is 0.377. The molecule has 4 aromatic heterocycles. The minimum atomic E-state index is -0.377. The van der Waals surface area contributed by atoms with Crippen molar-refractivity contribution in [2.75, 3.05) is 0 Å². The first-order chi connectivity index (χ1) is 9.72. The van der Waals surface area contributed by atoms with Crippen molar-refractivity contribution >= 4 is 22.1 Å². The van der Waals surface area contributed by atoms with E-state index in [0.29, 0.717) is 16.9 Å². The molecule has 98 valence electrons. The molecule has 0 radical (unpaired) electrons. The van der Waals surface area contributed by atoms with E-state index >= 15 is 0 Å². The van der Waals surface area contributed by atoms with Crippen molar-refractivity contribution in [2.45, 2.75) is 0 Å². The first-order valence-corrected chi connectivity index (χ1v) is 6.13. The molecule has 0 saturated heterocycles. The van der Waals surface area contributed by atoms with Crippen molar-refractivity contribution < 1.29 is 4.39 Å². The number of hydrogen-bond donors (Lipinski definition) is 1. The van der Waals surface area contributed by atoms with Crippen LogP contribution in [0.2, 0.25) is 0 Å². The smallest absolute Gasteiger partial charge is 0.163 e. The van der Waals surface area contributed by atoms with Gasteiger partial charge >= 0.3 is 0 Å². The third-order valence-electron chi connectivity index (χ3n) is 3.35. The average molecular weight is 267 g/mol. The van der Waals surface area contributed by atoms with Gasteiger partial charge in [-0.1, -0.05) is 0 Å². The van der Waals surface area contributed by atoms with Crippen LogP contribution in [0.25, 0.3) is 33.5 Å². The number of fused-ring (bicyclic) bond motifs is 2. The van der Waals surface area contributed by atoms with Gasteiger partial charge in [-0.05, 0) is 12.1 Å². The molecule has 0 saturated carbocycles. The van der Waals surface area contributed by atoms with Crippen LogP contribution >= 0.6 is 0 Å². The molecule has 0 fully saturated rings. The third kappa shape index (κ3) is 1.51. The number of pyridine rings is 1. The highest BCUT2D eigenvalue weighted by atomic mass is 19.1. The lowest BCUT2D eigenvalue weighted by Gasteiger charge is -2.00. The van der Waals surface area contributed by atoms with Crippen LogP contribution in [-0.4, -0.2) is 24.5 Å². The predicted octanol–water partition coefficient (Wildman–Crippen LogP) is 2.65. The largest absolute Gasteiger partial charge is 0.345 e. The maximum Gasteiger partial charge on any atom is 0.163 e. The summed E-state index contributed by atoms with van der Waals surface area (Å²) in [6.45, 7) is 0. The van der Waals surface area contributed by atoms with Crippen molar-refractivity contribution in [1.29, 1.82) is 0 Å². The van der Waals surface area contributed by atoms with E-state index in [1.165, 1.54) is 12.3 Å². The van der Waals surface area contributed by atoms with Crippen molar-refractivity contribution in [2.24, 2.45) is 7.05 Å². The molecular formula is C14H10FN5. The van der Waals surface area contributed by atoms with E-state index < -0.39 is 0 Å². The zero-order chi connectivity index (χ0) is 13.7. The lowest BCUT2D eigenvalue weighted by Crippen LogP contribution is -1.93. The highest BCUT2D eigenvalue weighted by molar-refractivity contribution is 5.92. The Morgan fingerprint density at radius 3 is 3.05 bits per heavy atom. The second-order valence-corrected chi connectivity index (χ2v) is 4.65. The number of nitrogens with one attached hydrogen (secondary N) is 1. The maximum absolute atomic E-state index is 13.4. The highest BCUT2D eigenvalue weighted by Gasteiger charge is 2.12. The Labute approximate surface area is 113 Å². The quantitative estimate of drug-likeness (QED) is 0.576. The maximum atomic E-state index is 13.4. The predicted molar refractivity (Wildman–Crippen MR) is 73.6 cm³/mol. The van der Waals surface area contributed by atoms with Crippen LogP contribution in [0.5, 0.6) is 0 Å². The molecule has 0 aliphatic heterocycles. The summed E-state index contributed by atoms with van der Waals surface area (Å²) >= 11 is 0. The van der Waals surface area contributed by atoms with Gasteiger partial charge in [-0.25, -0.2) is 19.3 Å². The molecule has 0 aromatic carbocycles. The third-order valence-corrected chi connectivity index (χ3v) is 3.35. The van der Waals surface area contributed by atoms with Crippen molar-refractivity contribution in [3.05, 3.63) is 42.7 Å². The summed E-state index contributed by atoms with van der Waals surface area (Å²) in [7, 11) is 1.93. The zero-order valence-electron chi connectivity index (χ0n) is 10.6. The van der Waals surface area contributed by atoms with Crippen molar-refractivity contribution in [3.8, 4) is 11.4 Å². The molecule has 0 bridgehead atoms. The molecule has 0 unspecified atom stereocenters. The number of rotatable bonds is 1. The topological polar surface area (TPSA) is 59.4 Å². The van der Waals surface area contributed by atoms with Gasteiger partial charge in [0.25, 0.3) is 0 Å². The van der Waals surface area contributed by atoms with E-state index in [-0.39, 0.29) is 5.82 Å². The molecule has 0 amide bonds. The zero-order valence-corrected chi connectivity index (χ0v) is 10.6. The molecule has 0 spiro atoms. The summed E-state index contributed by atoms with van der Waals surface area (Å²) in [5.74, 6) is 0.177. The van der Waals surface area contributed by atoms with Crippen LogP contribution in [0.3, 0.4) is 0 Å². The lowest BCUT2D eigenvalue weighted by atomic mass is 10.2. The van der Waals surface area contributed by atoms with Gasteiger partial charge in [-0.2, -0.15) is 0 Å². The summed E-state index contributed by atoms with van der Waals surface area (Å²) in [6, 6.07) is 3.39. The standard InChI is InChI=1S/C14H10FN5/c1-20-3-2-8-5-16-13(19-14(8)20)11-7-18-12-10(11)4-9(15)6-17-12/h2-7H,1H3,(H,17,18). The Morgan fingerprint density at radius 2 is 2.15 bits per heavy atom. The summed E-state index contributed by atoms with van der Waals surface area (Å²) in [5.41, 5.74) is 2.21. The summed E-state index contributed by atoms with van der Waals surface area (Å²) in [6.07, 6.45) is 6.63. The fourth-order valence-electron chi connectivity index (χ4n) is 2.34. The Balaban J connectivity index is 2.00. The van der Waals surface area contributed by atoms with Crippen LogP contribution in [-0.2, 0) is 7.05 Å². The fourth-order valence-corrected chi connectivity index (χ4v) is 2.34. The Hall–Kier alpha value is -2.76. The van der Waals surface area contributed by atoms with E-state index in [2.05, 4.69) is 19.9 Å². The van der Waals surface area contributed by atoms with E-state index in [1.807, 2.05) is 23.9 Å². The molecule has 0 aliphatic carbocycles. The van der Waals surface area contributed by atoms with Gasteiger partial charge in [0, 0.05) is 42.0 Å². The van der Waals surface area contributed by atoms with Crippen LogP contribution in [0.15, 0.2) is 36.9 Å². The summed E-state index contributed by atoms with van der Waals surface area (Å²) in [5, 5.41) is 1.65. The lowest BCUT2D eigenvalue weighted by molar-refractivity contribution is 0.624. The monoisotopic (exact) mass is 267 g/mol. The molecular weight excluding hydrogens is 257 g/mol. The second-order valence-electron chi connectivity index (χ2n) is 4.65. The number of H-pyrrole nitrogens is 1. The van der Waals surface area contributed by atoms with E-state index in [1.54, 1.807) is 12.4 Å². The first-order valence-electron chi connectivity index (χ1n) is 6.13. The van der Waals surface area contributed by atoms with Gasteiger partial charge in [0.15, 0.2) is 5.82 Å². The first kappa shape index (κ1) is 11.1. The van der Waals surface area contributed by atoms with Crippen LogP contribution in [0, 0.1) is 5.82 Å². The molecule has 1 N–H and O–H groups in total. The van der Waals surface area contributed by atoms with Gasteiger partial charge in [0.2, 0.25) is 0 Å². The molecule has 0 aliphatic rings. The number of halogens is 1. The Bertz CT molecular complexity index is 937. The second kappa shape index (κ2) is 3.86. The van der Waals surface area contributed by atoms with Gasteiger partial charge in [-0.3, -0.25) is 0 Å². The molecule has 20 heavy (non-hydrogen) atoms. The molecule has 4 rings (SSSR count). The molecule has 5 nitrogen and oxygen atoms in total. The Kier molecular flexibility index (Phi) is 2.14. The molecule has 4 aromatic rings. The number of aromatic amines is 1. The SMILES string of the molecule is Cn1ccc2cnc(-c3c[nH]c4ncc(F)cc34)nc21. The van der Waals surface area contributed by atoms with Crippen LogP contribution in [0.1, 0.15) is 0 Å². The number of aryl methyl sites for hydroxylation is 1. The Morgan fingerprint density at radius 1 is 1.25 bits per heavy atom. The van der Waals surface area contributed by atoms with Crippen LogP contribution in [0.4, 0.5) is 4.39 Å².